The Morgan fingerprint density at radius 2 is 2.12 bits per heavy atom. The second-order valence-corrected chi connectivity index (χ2v) is 4.17. The lowest BCUT2D eigenvalue weighted by Crippen LogP contribution is -2.25. The largest absolute Gasteiger partial charge is 0.393 e. The standard InChI is InChI=1S/C13H21FN2O/c1-3-11(17)7-8-15-12(4-2)13-6-5-10(14)9-16-13/h5-6,9,11-12,15,17H,3-4,7-8H2,1-2H3. The molecule has 1 rings (SSSR count). The molecule has 4 heteroatoms. The molecule has 2 unspecified atom stereocenters. The number of aromatic nitrogens is 1. The van der Waals surface area contributed by atoms with E-state index in [4.69, 9.17) is 0 Å². The highest BCUT2D eigenvalue weighted by molar-refractivity contribution is 5.09. The molecule has 2 atom stereocenters. The van der Waals surface area contributed by atoms with E-state index in [0.717, 1.165) is 31.5 Å². The van der Waals surface area contributed by atoms with E-state index in [2.05, 4.69) is 17.2 Å². The smallest absolute Gasteiger partial charge is 0.141 e. The zero-order valence-electron chi connectivity index (χ0n) is 10.5. The minimum Gasteiger partial charge on any atom is -0.393 e. The molecular formula is C13H21FN2O. The number of aliphatic hydroxyl groups excluding tert-OH is 1. The molecule has 0 spiro atoms. The molecule has 2 N–H and O–H groups in total. The molecule has 0 radical (unpaired) electrons. The normalized spacial score (nSPS) is 14.6. The maximum atomic E-state index is 12.7. The summed E-state index contributed by atoms with van der Waals surface area (Å²) >= 11 is 0. The average molecular weight is 240 g/mol. The van der Waals surface area contributed by atoms with Crippen LogP contribution in [0.2, 0.25) is 0 Å². The number of hydrogen-bond donors (Lipinski definition) is 2. The second kappa shape index (κ2) is 7.35. The topological polar surface area (TPSA) is 45.1 Å². The van der Waals surface area contributed by atoms with Crippen LogP contribution in [0.5, 0.6) is 0 Å². The minimum atomic E-state index is -0.315. The van der Waals surface area contributed by atoms with Crippen LogP contribution in [0.15, 0.2) is 18.3 Å². The zero-order valence-corrected chi connectivity index (χ0v) is 10.5. The van der Waals surface area contributed by atoms with E-state index in [1.54, 1.807) is 6.07 Å². The van der Waals surface area contributed by atoms with E-state index in [0.29, 0.717) is 0 Å². The summed E-state index contributed by atoms with van der Waals surface area (Å²) in [5, 5.41) is 12.8. The van der Waals surface area contributed by atoms with Gasteiger partial charge in [0.2, 0.25) is 0 Å². The highest BCUT2D eigenvalue weighted by Gasteiger charge is 2.10. The molecule has 1 aromatic heterocycles. The molecule has 0 amide bonds. The van der Waals surface area contributed by atoms with Gasteiger partial charge in [-0.05, 0) is 37.9 Å². The third-order valence-corrected chi connectivity index (χ3v) is 2.86. The Kier molecular flexibility index (Phi) is 6.08. The molecule has 96 valence electrons. The molecule has 0 saturated heterocycles. The van der Waals surface area contributed by atoms with Gasteiger partial charge in [-0.3, -0.25) is 4.98 Å². The number of halogens is 1. The first-order valence-corrected chi connectivity index (χ1v) is 6.20. The predicted molar refractivity (Wildman–Crippen MR) is 66.1 cm³/mol. The van der Waals surface area contributed by atoms with E-state index in [1.807, 2.05) is 6.92 Å². The fraction of sp³-hybridized carbons (Fsp3) is 0.615. The van der Waals surface area contributed by atoms with Gasteiger partial charge in [0.25, 0.3) is 0 Å². The Balaban J connectivity index is 2.45. The van der Waals surface area contributed by atoms with Crippen LogP contribution in [0.4, 0.5) is 4.39 Å². The number of hydrogen-bond acceptors (Lipinski definition) is 3. The van der Waals surface area contributed by atoms with Gasteiger partial charge in [0.05, 0.1) is 18.0 Å². The summed E-state index contributed by atoms with van der Waals surface area (Å²) in [7, 11) is 0. The molecular weight excluding hydrogens is 219 g/mol. The summed E-state index contributed by atoms with van der Waals surface area (Å²) in [4.78, 5) is 4.07. The third kappa shape index (κ3) is 4.79. The fourth-order valence-electron chi connectivity index (χ4n) is 1.68. The molecule has 0 aliphatic heterocycles. The number of nitrogens with zero attached hydrogens (tertiary/aromatic N) is 1. The monoisotopic (exact) mass is 240 g/mol. The van der Waals surface area contributed by atoms with Gasteiger partial charge in [-0.2, -0.15) is 0 Å². The molecule has 3 nitrogen and oxygen atoms in total. The summed E-state index contributed by atoms with van der Waals surface area (Å²) in [5.74, 6) is -0.315. The Morgan fingerprint density at radius 3 is 2.65 bits per heavy atom. The molecule has 0 aliphatic carbocycles. The van der Waals surface area contributed by atoms with Crippen molar-refractivity contribution in [3.63, 3.8) is 0 Å². The van der Waals surface area contributed by atoms with Gasteiger partial charge in [-0.15, -0.1) is 0 Å². The highest BCUT2D eigenvalue weighted by Crippen LogP contribution is 2.14. The lowest BCUT2D eigenvalue weighted by Gasteiger charge is -2.17. The van der Waals surface area contributed by atoms with Gasteiger partial charge >= 0.3 is 0 Å². The summed E-state index contributed by atoms with van der Waals surface area (Å²) in [6, 6.07) is 3.25. The van der Waals surface area contributed by atoms with Gasteiger partial charge in [-0.1, -0.05) is 13.8 Å². The quantitative estimate of drug-likeness (QED) is 0.769. The van der Waals surface area contributed by atoms with Crippen molar-refractivity contribution in [1.29, 1.82) is 0 Å². The zero-order chi connectivity index (χ0) is 12.7. The molecule has 0 saturated carbocycles. The summed E-state index contributed by atoms with van der Waals surface area (Å²) in [6.07, 6.45) is 3.38. The summed E-state index contributed by atoms with van der Waals surface area (Å²) in [6.45, 7) is 4.76. The van der Waals surface area contributed by atoms with Gasteiger partial charge < -0.3 is 10.4 Å². The first-order chi connectivity index (χ1) is 8.17. The van der Waals surface area contributed by atoms with Crippen molar-refractivity contribution < 1.29 is 9.50 Å². The first-order valence-electron chi connectivity index (χ1n) is 6.20. The van der Waals surface area contributed by atoms with Crippen molar-refractivity contribution >= 4 is 0 Å². The van der Waals surface area contributed by atoms with Crippen LogP contribution in [0.25, 0.3) is 0 Å². The molecule has 1 aromatic rings. The minimum absolute atomic E-state index is 0.125. The SMILES string of the molecule is CCC(O)CCNC(CC)c1ccc(F)cn1. The fourth-order valence-corrected chi connectivity index (χ4v) is 1.68. The third-order valence-electron chi connectivity index (χ3n) is 2.86. The molecule has 0 bridgehead atoms. The van der Waals surface area contributed by atoms with Crippen LogP contribution in [0.1, 0.15) is 44.8 Å². The molecule has 0 fully saturated rings. The van der Waals surface area contributed by atoms with E-state index in [-0.39, 0.29) is 18.0 Å². The van der Waals surface area contributed by atoms with Crippen molar-refractivity contribution in [3.05, 3.63) is 29.8 Å². The van der Waals surface area contributed by atoms with Crippen molar-refractivity contribution in [1.82, 2.24) is 10.3 Å². The first kappa shape index (κ1) is 14.1. The maximum absolute atomic E-state index is 12.7. The second-order valence-electron chi connectivity index (χ2n) is 4.17. The number of nitrogens with one attached hydrogen (secondary N) is 1. The van der Waals surface area contributed by atoms with Gasteiger partial charge in [0, 0.05) is 6.04 Å². The van der Waals surface area contributed by atoms with Crippen molar-refractivity contribution in [2.45, 2.75) is 45.3 Å². The highest BCUT2D eigenvalue weighted by atomic mass is 19.1. The van der Waals surface area contributed by atoms with Crippen LogP contribution in [0.3, 0.4) is 0 Å². The van der Waals surface area contributed by atoms with E-state index in [1.165, 1.54) is 12.3 Å². The number of aliphatic hydroxyl groups is 1. The van der Waals surface area contributed by atoms with E-state index >= 15 is 0 Å². The van der Waals surface area contributed by atoms with Crippen LogP contribution in [-0.4, -0.2) is 22.7 Å². The van der Waals surface area contributed by atoms with Crippen LogP contribution in [0, 0.1) is 5.82 Å². The Morgan fingerprint density at radius 1 is 1.35 bits per heavy atom. The number of rotatable bonds is 7. The number of pyridine rings is 1. The summed E-state index contributed by atoms with van der Waals surface area (Å²) < 4.78 is 12.7. The molecule has 17 heavy (non-hydrogen) atoms. The maximum Gasteiger partial charge on any atom is 0.141 e. The predicted octanol–water partition coefficient (Wildman–Crippen LogP) is 2.42. The van der Waals surface area contributed by atoms with Gasteiger partial charge in [0.15, 0.2) is 0 Å². The average Bonchev–Trinajstić information content (AvgIpc) is 2.35. The lowest BCUT2D eigenvalue weighted by molar-refractivity contribution is 0.158. The van der Waals surface area contributed by atoms with Crippen LogP contribution < -0.4 is 5.32 Å². The molecule has 0 aliphatic rings. The van der Waals surface area contributed by atoms with Gasteiger partial charge in [0.1, 0.15) is 5.82 Å². The van der Waals surface area contributed by atoms with E-state index < -0.39 is 0 Å². The lowest BCUT2D eigenvalue weighted by atomic mass is 10.1. The Labute approximate surface area is 102 Å². The van der Waals surface area contributed by atoms with Crippen molar-refractivity contribution in [3.8, 4) is 0 Å². The van der Waals surface area contributed by atoms with Crippen LogP contribution >= 0.6 is 0 Å². The van der Waals surface area contributed by atoms with E-state index in [9.17, 15) is 9.50 Å². The Bertz CT molecular complexity index is 316. The van der Waals surface area contributed by atoms with Gasteiger partial charge in [-0.25, -0.2) is 4.39 Å². The molecule has 1 heterocycles. The van der Waals surface area contributed by atoms with Crippen LogP contribution in [-0.2, 0) is 0 Å². The summed E-state index contributed by atoms with van der Waals surface area (Å²) in [5.41, 5.74) is 0.847. The van der Waals surface area contributed by atoms with Crippen molar-refractivity contribution in [2.75, 3.05) is 6.54 Å². The molecule has 0 aromatic carbocycles. The van der Waals surface area contributed by atoms with Crippen molar-refractivity contribution in [2.24, 2.45) is 0 Å². The Hall–Kier alpha value is -1.00.